The maximum absolute atomic E-state index is 15.7. The number of ether oxygens (including phenoxy) is 1. The van der Waals surface area contributed by atoms with E-state index in [1.807, 2.05) is 19.1 Å². The second-order valence-corrected chi connectivity index (χ2v) is 12.8. The molecule has 5 heterocycles. The van der Waals surface area contributed by atoms with Gasteiger partial charge in [-0.05, 0) is 68.9 Å². The third kappa shape index (κ3) is 5.05. The average Bonchev–Trinajstić information content (AvgIpc) is 3.59. The second kappa shape index (κ2) is 11.3. The van der Waals surface area contributed by atoms with Gasteiger partial charge in [-0.1, -0.05) is 12.8 Å². The molecule has 10 nitrogen and oxygen atoms in total. The van der Waals surface area contributed by atoms with Gasteiger partial charge in [0, 0.05) is 56.7 Å². The predicted octanol–water partition coefficient (Wildman–Crippen LogP) is 4.30. The summed E-state index contributed by atoms with van der Waals surface area (Å²) in [5, 5.41) is 4.13. The summed E-state index contributed by atoms with van der Waals surface area (Å²) in [5.74, 6) is 0.589. The van der Waals surface area contributed by atoms with Gasteiger partial charge < -0.3 is 29.8 Å². The monoisotopic (exact) mass is 601 g/mol. The molecule has 2 aliphatic heterocycles. The van der Waals surface area contributed by atoms with Crippen LogP contribution < -0.4 is 11.1 Å². The van der Waals surface area contributed by atoms with Gasteiger partial charge in [-0.2, -0.15) is 0 Å². The first-order valence-electron chi connectivity index (χ1n) is 15.8. The summed E-state index contributed by atoms with van der Waals surface area (Å²) in [7, 11) is 3.43. The van der Waals surface area contributed by atoms with Gasteiger partial charge in [0.1, 0.15) is 17.0 Å². The Hall–Kier alpha value is -3.83. The number of imidazole rings is 1. The highest BCUT2D eigenvalue weighted by atomic mass is 19.1. The summed E-state index contributed by atoms with van der Waals surface area (Å²) in [6.07, 6.45) is 5.68. The molecule has 3 aromatic heterocycles. The van der Waals surface area contributed by atoms with E-state index in [9.17, 15) is 9.59 Å². The fraction of sp³-hybridized carbons (Fsp3) is 0.515. The molecule has 1 saturated carbocycles. The topological polar surface area (TPSA) is 120 Å². The molecule has 7 rings (SSSR count). The molecule has 232 valence electrons. The Morgan fingerprint density at radius 1 is 1.11 bits per heavy atom. The second-order valence-electron chi connectivity index (χ2n) is 12.8. The summed E-state index contributed by atoms with van der Waals surface area (Å²) >= 11 is 0. The van der Waals surface area contributed by atoms with Crippen LogP contribution in [0.2, 0.25) is 0 Å². The molecule has 2 bridgehead atoms. The van der Waals surface area contributed by atoms with Gasteiger partial charge in [0.25, 0.3) is 5.91 Å². The van der Waals surface area contributed by atoms with Crippen LogP contribution in [0.5, 0.6) is 0 Å². The van der Waals surface area contributed by atoms with E-state index in [4.69, 9.17) is 20.4 Å². The number of halogens is 1. The first kappa shape index (κ1) is 28.9. The Labute approximate surface area is 255 Å². The molecule has 5 atom stereocenters. The number of methoxy groups -OCH3 is 1. The SMILES string of the molecule is CO[C@@H]1CCN(C(=O)c2cc(F)c3c(c2)nc(-c2cc4ccc5nc4n2CCCCC[C@@H]2CC2C(=O)N[C@@H]5C)n3C)C[C@@H]1N. The van der Waals surface area contributed by atoms with Crippen LogP contribution in [0.25, 0.3) is 33.6 Å². The molecule has 4 aromatic rings. The molecule has 0 spiro atoms. The van der Waals surface area contributed by atoms with Crippen LogP contribution in [0.1, 0.15) is 67.5 Å². The average molecular weight is 602 g/mol. The number of aryl methyl sites for hydroxylation is 2. The fourth-order valence-electron chi connectivity index (χ4n) is 7.20. The molecule has 1 aliphatic carbocycles. The van der Waals surface area contributed by atoms with Crippen LogP contribution in [0.4, 0.5) is 4.39 Å². The first-order chi connectivity index (χ1) is 21.2. The van der Waals surface area contributed by atoms with Gasteiger partial charge in [-0.3, -0.25) is 9.59 Å². The zero-order chi connectivity index (χ0) is 30.7. The molecule has 2 amide bonds. The number of fused-ring (bicyclic) bond motifs is 3. The van der Waals surface area contributed by atoms with E-state index in [2.05, 4.69) is 16.0 Å². The smallest absolute Gasteiger partial charge is 0.254 e. The lowest BCUT2D eigenvalue weighted by molar-refractivity contribution is -0.123. The van der Waals surface area contributed by atoms with E-state index in [0.717, 1.165) is 61.1 Å². The molecule has 3 aliphatic rings. The summed E-state index contributed by atoms with van der Waals surface area (Å²) in [6.45, 7) is 3.57. The van der Waals surface area contributed by atoms with Crippen LogP contribution in [-0.2, 0) is 23.1 Å². The number of nitrogens with zero attached hydrogens (tertiary/aromatic N) is 5. The van der Waals surface area contributed by atoms with E-state index in [1.54, 1.807) is 29.7 Å². The van der Waals surface area contributed by atoms with Crippen molar-refractivity contribution in [1.82, 2.24) is 29.3 Å². The summed E-state index contributed by atoms with van der Waals surface area (Å²) in [6, 6.07) is 8.52. The number of pyridine rings is 1. The zero-order valence-corrected chi connectivity index (χ0v) is 25.6. The Balaban J connectivity index is 1.26. The minimum atomic E-state index is -0.497. The van der Waals surface area contributed by atoms with Crippen LogP contribution in [-0.4, -0.2) is 68.2 Å². The number of rotatable bonds is 3. The number of carbonyl (C=O) groups excluding carboxylic acids is 2. The number of carbonyl (C=O) groups is 2. The van der Waals surface area contributed by atoms with E-state index in [0.29, 0.717) is 42.3 Å². The lowest BCUT2D eigenvalue weighted by atomic mass is 10.0. The predicted molar refractivity (Wildman–Crippen MR) is 165 cm³/mol. The molecule has 1 aromatic carbocycles. The highest BCUT2D eigenvalue weighted by molar-refractivity contribution is 5.98. The van der Waals surface area contributed by atoms with Crippen molar-refractivity contribution in [3.63, 3.8) is 0 Å². The van der Waals surface area contributed by atoms with Crippen molar-refractivity contribution in [2.45, 2.75) is 70.2 Å². The number of piperidine rings is 1. The number of hydrogen-bond acceptors (Lipinski definition) is 6. The summed E-state index contributed by atoms with van der Waals surface area (Å²) < 4.78 is 25.1. The van der Waals surface area contributed by atoms with Crippen LogP contribution in [0.3, 0.4) is 0 Å². The maximum Gasteiger partial charge on any atom is 0.254 e. The van der Waals surface area contributed by atoms with Gasteiger partial charge in [0.15, 0.2) is 5.82 Å². The van der Waals surface area contributed by atoms with E-state index in [-0.39, 0.29) is 41.5 Å². The number of aromatic nitrogens is 4. The van der Waals surface area contributed by atoms with E-state index >= 15 is 4.39 Å². The lowest BCUT2D eigenvalue weighted by Crippen LogP contribution is -2.53. The zero-order valence-electron chi connectivity index (χ0n) is 25.6. The van der Waals surface area contributed by atoms with Crippen molar-refractivity contribution in [2.75, 3.05) is 20.2 Å². The number of likely N-dealkylation sites (tertiary alicyclic amines) is 1. The molecule has 1 unspecified atom stereocenters. The highest BCUT2D eigenvalue weighted by Gasteiger charge is 2.42. The Bertz CT molecular complexity index is 1760. The number of amides is 2. The van der Waals surface area contributed by atoms with Gasteiger partial charge >= 0.3 is 0 Å². The standard InChI is InChI=1S/C33H40FN7O3/c1-18-25-9-8-20-16-27(41(30(20)37-25)11-6-4-5-7-19-13-22(19)32(42)36-18)31-38-26-15-21(14-23(34)29(26)39(31)2)33(43)40-12-10-28(44-3)24(35)17-40/h8-9,14-16,18-19,22,24,28H,4-7,10-13,17,35H2,1-3H3,(H,36,42)/t18-,19-,22?,24+,28-/m1/s1. The van der Waals surface area contributed by atoms with Crippen molar-refractivity contribution < 1.29 is 18.7 Å². The first-order valence-corrected chi connectivity index (χ1v) is 15.8. The van der Waals surface area contributed by atoms with E-state index < -0.39 is 5.82 Å². The van der Waals surface area contributed by atoms with Crippen molar-refractivity contribution in [1.29, 1.82) is 0 Å². The fourth-order valence-corrected chi connectivity index (χ4v) is 7.20. The Kier molecular flexibility index (Phi) is 7.40. The third-order valence-electron chi connectivity index (χ3n) is 9.86. The minimum Gasteiger partial charge on any atom is -0.380 e. The van der Waals surface area contributed by atoms with Crippen LogP contribution in [0.15, 0.2) is 30.3 Å². The molecule has 2 fully saturated rings. The summed E-state index contributed by atoms with van der Waals surface area (Å²) in [4.78, 5) is 37.8. The normalized spacial score (nSPS) is 26.1. The van der Waals surface area contributed by atoms with Gasteiger partial charge in [0.2, 0.25) is 5.91 Å². The van der Waals surface area contributed by atoms with Gasteiger partial charge in [0.05, 0.1) is 29.1 Å². The quantitative estimate of drug-likeness (QED) is 0.361. The Morgan fingerprint density at radius 2 is 1.95 bits per heavy atom. The minimum absolute atomic E-state index is 0.0989. The number of nitrogens with one attached hydrogen (secondary N) is 1. The van der Waals surface area contributed by atoms with E-state index in [1.165, 1.54) is 6.07 Å². The lowest BCUT2D eigenvalue weighted by Gasteiger charge is -2.35. The molecule has 0 radical (unpaired) electrons. The summed E-state index contributed by atoms with van der Waals surface area (Å²) in [5.41, 5.74) is 9.71. The molecule has 11 heteroatoms. The number of nitrogens with two attached hydrogens (primary N) is 1. The highest BCUT2D eigenvalue weighted by Crippen LogP contribution is 2.43. The molecular weight excluding hydrogens is 561 g/mol. The van der Waals surface area contributed by atoms with Crippen molar-refractivity contribution in [3.8, 4) is 11.5 Å². The number of benzene rings is 1. The van der Waals surface area contributed by atoms with Crippen LogP contribution >= 0.6 is 0 Å². The van der Waals surface area contributed by atoms with Gasteiger partial charge in [-0.25, -0.2) is 14.4 Å². The maximum atomic E-state index is 15.7. The Morgan fingerprint density at radius 3 is 2.75 bits per heavy atom. The molecular formula is C33H40FN7O3. The third-order valence-corrected chi connectivity index (χ3v) is 9.86. The van der Waals surface area contributed by atoms with Gasteiger partial charge in [-0.15, -0.1) is 0 Å². The largest absolute Gasteiger partial charge is 0.380 e. The van der Waals surface area contributed by atoms with Crippen LogP contribution in [0, 0.1) is 17.7 Å². The van der Waals surface area contributed by atoms with Crippen molar-refractivity contribution >= 4 is 33.9 Å². The molecule has 3 N–H and O–H groups in total. The number of hydrogen-bond donors (Lipinski definition) is 2. The van der Waals surface area contributed by atoms with Crippen molar-refractivity contribution in [2.24, 2.45) is 24.6 Å². The molecule has 1 saturated heterocycles. The van der Waals surface area contributed by atoms with Crippen molar-refractivity contribution in [3.05, 3.63) is 47.4 Å². The molecule has 44 heavy (non-hydrogen) atoms.